The summed E-state index contributed by atoms with van der Waals surface area (Å²) in [5.74, 6) is -0.0311. The minimum Gasteiger partial charge on any atom is -0.376 e. The molecule has 31 heavy (non-hydrogen) atoms. The summed E-state index contributed by atoms with van der Waals surface area (Å²) in [5.41, 5.74) is 3.92. The SMILES string of the molecule is O=C(CNc1ccccc1)Nc1nc(-c2ccc(Cl)cc2)cc(-c2ccc(Cl)cc2)n1. The Morgan fingerprint density at radius 3 is 1.77 bits per heavy atom. The zero-order valence-electron chi connectivity index (χ0n) is 16.3. The van der Waals surface area contributed by atoms with Gasteiger partial charge < -0.3 is 5.32 Å². The van der Waals surface area contributed by atoms with E-state index in [0.717, 1.165) is 16.8 Å². The summed E-state index contributed by atoms with van der Waals surface area (Å²) < 4.78 is 0. The molecular formula is C24H18Cl2N4O. The molecule has 0 bridgehead atoms. The summed E-state index contributed by atoms with van der Waals surface area (Å²) in [6, 6.07) is 26.0. The number of nitrogens with zero attached hydrogens (tertiary/aromatic N) is 2. The Hall–Kier alpha value is -3.41. The number of nitrogens with one attached hydrogen (secondary N) is 2. The van der Waals surface area contributed by atoms with Crippen molar-refractivity contribution in [2.75, 3.05) is 17.2 Å². The number of hydrogen-bond acceptors (Lipinski definition) is 4. The lowest BCUT2D eigenvalue weighted by molar-refractivity contribution is -0.114. The highest BCUT2D eigenvalue weighted by atomic mass is 35.5. The maximum atomic E-state index is 12.5. The van der Waals surface area contributed by atoms with Crippen LogP contribution in [-0.2, 0) is 4.79 Å². The molecule has 2 N–H and O–H groups in total. The first-order chi connectivity index (χ1) is 15.1. The number of aromatic nitrogens is 2. The standard InChI is InChI=1S/C24H18Cl2N4O/c25-18-10-6-16(7-11-18)21-14-22(17-8-12-19(26)13-9-17)29-24(28-21)30-23(31)15-27-20-4-2-1-3-5-20/h1-14,27H,15H2,(H,28,29,30,31). The van der Waals surface area contributed by atoms with Gasteiger partial charge in [0.15, 0.2) is 0 Å². The van der Waals surface area contributed by atoms with Crippen molar-refractivity contribution < 1.29 is 4.79 Å². The van der Waals surface area contributed by atoms with E-state index >= 15 is 0 Å². The van der Waals surface area contributed by atoms with E-state index in [4.69, 9.17) is 23.2 Å². The first-order valence-electron chi connectivity index (χ1n) is 9.56. The Labute approximate surface area is 190 Å². The van der Waals surface area contributed by atoms with E-state index in [1.807, 2.05) is 60.7 Å². The molecule has 1 aromatic heterocycles. The van der Waals surface area contributed by atoms with Crippen molar-refractivity contribution in [2.24, 2.45) is 0 Å². The van der Waals surface area contributed by atoms with Crippen LogP contribution in [0, 0.1) is 0 Å². The third-order valence-corrected chi connectivity index (χ3v) is 4.99. The second kappa shape index (κ2) is 9.60. The molecule has 0 saturated carbocycles. The zero-order valence-corrected chi connectivity index (χ0v) is 17.9. The molecule has 1 heterocycles. The Kier molecular flexibility index (Phi) is 6.46. The van der Waals surface area contributed by atoms with Crippen LogP contribution in [0.5, 0.6) is 0 Å². The molecule has 0 unspecified atom stereocenters. The van der Waals surface area contributed by atoms with Gasteiger partial charge in [-0.1, -0.05) is 65.7 Å². The van der Waals surface area contributed by atoms with Crippen molar-refractivity contribution in [1.29, 1.82) is 0 Å². The fourth-order valence-corrected chi connectivity index (χ4v) is 3.20. The molecule has 0 fully saturated rings. The lowest BCUT2D eigenvalue weighted by Gasteiger charge is -2.11. The quantitative estimate of drug-likeness (QED) is 0.370. The van der Waals surface area contributed by atoms with Crippen LogP contribution in [0.1, 0.15) is 0 Å². The van der Waals surface area contributed by atoms with Gasteiger partial charge in [-0.25, -0.2) is 9.97 Å². The number of amides is 1. The van der Waals surface area contributed by atoms with E-state index < -0.39 is 0 Å². The Balaban J connectivity index is 1.61. The van der Waals surface area contributed by atoms with Crippen molar-refractivity contribution >= 4 is 40.7 Å². The summed E-state index contributed by atoms with van der Waals surface area (Å²) in [6.07, 6.45) is 0. The van der Waals surface area contributed by atoms with E-state index in [-0.39, 0.29) is 18.4 Å². The predicted molar refractivity (Wildman–Crippen MR) is 126 cm³/mol. The van der Waals surface area contributed by atoms with Crippen LogP contribution < -0.4 is 10.6 Å². The molecule has 1 amide bonds. The summed E-state index contributed by atoms with van der Waals surface area (Å²) in [5, 5.41) is 7.12. The van der Waals surface area contributed by atoms with Crippen LogP contribution in [0.2, 0.25) is 10.0 Å². The summed E-state index contributed by atoms with van der Waals surface area (Å²) in [6.45, 7) is 0.0921. The van der Waals surface area contributed by atoms with Gasteiger partial charge in [0.05, 0.1) is 17.9 Å². The van der Waals surface area contributed by atoms with Crippen molar-refractivity contribution in [1.82, 2.24) is 9.97 Å². The van der Waals surface area contributed by atoms with Gasteiger partial charge in [0.25, 0.3) is 0 Å². The normalized spacial score (nSPS) is 10.5. The zero-order chi connectivity index (χ0) is 21.6. The number of halogens is 2. The fourth-order valence-electron chi connectivity index (χ4n) is 2.95. The molecule has 4 rings (SSSR count). The molecular weight excluding hydrogens is 431 g/mol. The number of para-hydroxylation sites is 1. The van der Waals surface area contributed by atoms with Crippen LogP contribution in [0.4, 0.5) is 11.6 Å². The molecule has 0 aliphatic rings. The third-order valence-electron chi connectivity index (χ3n) is 4.48. The molecule has 0 aliphatic heterocycles. The summed E-state index contributed by atoms with van der Waals surface area (Å²) in [7, 11) is 0. The number of carbonyl (C=O) groups is 1. The Bertz CT molecular complexity index is 1120. The summed E-state index contributed by atoms with van der Waals surface area (Å²) in [4.78, 5) is 21.5. The fraction of sp³-hybridized carbons (Fsp3) is 0.0417. The van der Waals surface area contributed by atoms with Gasteiger partial charge in [0.2, 0.25) is 11.9 Å². The van der Waals surface area contributed by atoms with Crippen LogP contribution in [0.3, 0.4) is 0 Å². The number of benzene rings is 3. The van der Waals surface area contributed by atoms with Crippen molar-refractivity contribution in [3.05, 3.63) is 95.0 Å². The summed E-state index contributed by atoms with van der Waals surface area (Å²) >= 11 is 12.0. The predicted octanol–water partition coefficient (Wildman–Crippen LogP) is 6.17. The highest BCUT2D eigenvalue weighted by Gasteiger charge is 2.11. The largest absolute Gasteiger partial charge is 0.376 e. The van der Waals surface area contributed by atoms with Gasteiger partial charge >= 0.3 is 0 Å². The van der Waals surface area contributed by atoms with Crippen LogP contribution in [0.25, 0.3) is 22.5 Å². The van der Waals surface area contributed by atoms with Crippen molar-refractivity contribution in [3.63, 3.8) is 0 Å². The minimum absolute atomic E-state index is 0.0921. The van der Waals surface area contributed by atoms with Gasteiger partial charge in [-0.05, 0) is 42.5 Å². The molecule has 7 heteroatoms. The van der Waals surface area contributed by atoms with E-state index in [1.54, 1.807) is 24.3 Å². The topological polar surface area (TPSA) is 66.9 Å². The van der Waals surface area contributed by atoms with Gasteiger partial charge in [0.1, 0.15) is 0 Å². The molecule has 0 radical (unpaired) electrons. The van der Waals surface area contributed by atoms with E-state index in [9.17, 15) is 4.79 Å². The number of carbonyl (C=O) groups excluding carboxylic acids is 1. The second-order valence-corrected chi connectivity index (χ2v) is 7.62. The van der Waals surface area contributed by atoms with Crippen molar-refractivity contribution in [2.45, 2.75) is 0 Å². The van der Waals surface area contributed by atoms with Crippen LogP contribution in [0.15, 0.2) is 84.9 Å². The number of anilines is 2. The molecule has 3 aromatic carbocycles. The van der Waals surface area contributed by atoms with Gasteiger partial charge in [0, 0.05) is 26.9 Å². The second-order valence-electron chi connectivity index (χ2n) is 6.74. The maximum absolute atomic E-state index is 12.5. The van der Waals surface area contributed by atoms with Gasteiger partial charge in [-0.2, -0.15) is 0 Å². The average Bonchev–Trinajstić information content (AvgIpc) is 2.79. The van der Waals surface area contributed by atoms with E-state index in [2.05, 4.69) is 20.6 Å². The molecule has 0 saturated heterocycles. The third kappa shape index (κ3) is 5.60. The van der Waals surface area contributed by atoms with Gasteiger partial charge in [-0.15, -0.1) is 0 Å². The lowest BCUT2D eigenvalue weighted by Crippen LogP contribution is -2.23. The first kappa shape index (κ1) is 20.8. The minimum atomic E-state index is -0.251. The van der Waals surface area contributed by atoms with Crippen LogP contribution >= 0.6 is 23.2 Å². The number of hydrogen-bond donors (Lipinski definition) is 2. The van der Waals surface area contributed by atoms with E-state index in [0.29, 0.717) is 21.4 Å². The molecule has 0 atom stereocenters. The smallest absolute Gasteiger partial charge is 0.246 e. The Morgan fingerprint density at radius 2 is 1.26 bits per heavy atom. The number of rotatable bonds is 6. The monoisotopic (exact) mass is 448 g/mol. The van der Waals surface area contributed by atoms with Crippen LogP contribution in [-0.4, -0.2) is 22.4 Å². The molecule has 0 spiro atoms. The highest BCUT2D eigenvalue weighted by molar-refractivity contribution is 6.30. The maximum Gasteiger partial charge on any atom is 0.246 e. The highest BCUT2D eigenvalue weighted by Crippen LogP contribution is 2.27. The Morgan fingerprint density at radius 1 is 0.742 bits per heavy atom. The molecule has 4 aromatic rings. The molecule has 5 nitrogen and oxygen atoms in total. The molecule has 154 valence electrons. The molecule has 0 aliphatic carbocycles. The average molecular weight is 449 g/mol. The first-order valence-corrected chi connectivity index (χ1v) is 10.3. The van der Waals surface area contributed by atoms with Gasteiger partial charge in [-0.3, -0.25) is 10.1 Å². The lowest BCUT2D eigenvalue weighted by atomic mass is 10.1. The van der Waals surface area contributed by atoms with E-state index in [1.165, 1.54) is 0 Å². The van der Waals surface area contributed by atoms with Crippen molar-refractivity contribution in [3.8, 4) is 22.5 Å².